The molecule has 0 radical (unpaired) electrons. The van der Waals surface area contributed by atoms with Crippen molar-refractivity contribution in [2.45, 2.75) is 6.92 Å². The molecule has 0 spiro atoms. The first-order chi connectivity index (χ1) is 13.1. The molecule has 1 amide bonds. The predicted molar refractivity (Wildman–Crippen MR) is 103 cm³/mol. The second-order valence-electron chi connectivity index (χ2n) is 6.51. The maximum atomic E-state index is 12.9. The molecule has 2 aromatic heterocycles. The lowest BCUT2D eigenvalue weighted by atomic mass is 10.1. The summed E-state index contributed by atoms with van der Waals surface area (Å²) in [6, 6.07) is 11.3. The average Bonchev–Trinajstić information content (AvgIpc) is 3.22. The van der Waals surface area contributed by atoms with Crippen molar-refractivity contribution in [2.24, 2.45) is 0 Å². The second kappa shape index (κ2) is 7.06. The van der Waals surface area contributed by atoms with Gasteiger partial charge in [-0.15, -0.1) is 0 Å². The highest BCUT2D eigenvalue weighted by molar-refractivity contribution is 5.95. The lowest BCUT2D eigenvalue weighted by molar-refractivity contribution is 0.0746. The number of nitrogen functional groups attached to an aromatic ring is 1. The SMILES string of the molecule is Cc1cc(N2CCN(C(=O)c3cccc(-n4cccn4)c3)CC2)nc(N)n1. The molecule has 0 atom stereocenters. The lowest BCUT2D eigenvalue weighted by Crippen LogP contribution is -2.49. The monoisotopic (exact) mass is 363 g/mol. The predicted octanol–water partition coefficient (Wildman–Crippen LogP) is 1.52. The molecule has 0 saturated carbocycles. The summed E-state index contributed by atoms with van der Waals surface area (Å²) in [7, 11) is 0. The van der Waals surface area contributed by atoms with Crippen molar-refractivity contribution in [3.63, 3.8) is 0 Å². The van der Waals surface area contributed by atoms with Gasteiger partial charge in [-0.1, -0.05) is 6.07 Å². The topological polar surface area (TPSA) is 93.2 Å². The Bertz CT molecular complexity index is 926. The van der Waals surface area contributed by atoms with Gasteiger partial charge in [0.2, 0.25) is 5.95 Å². The van der Waals surface area contributed by atoms with Crippen molar-refractivity contribution in [3.8, 4) is 5.69 Å². The third-order valence-corrected chi connectivity index (χ3v) is 4.61. The van der Waals surface area contributed by atoms with Crippen LogP contribution in [0, 0.1) is 6.92 Å². The number of amides is 1. The summed E-state index contributed by atoms with van der Waals surface area (Å²) in [5, 5.41) is 4.22. The molecule has 3 aromatic rings. The highest BCUT2D eigenvalue weighted by Crippen LogP contribution is 2.18. The molecule has 8 heteroatoms. The number of carbonyl (C=O) groups is 1. The summed E-state index contributed by atoms with van der Waals surface area (Å²) in [4.78, 5) is 25.3. The maximum Gasteiger partial charge on any atom is 0.254 e. The Hall–Kier alpha value is -3.42. The number of rotatable bonds is 3. The van der Waals surface area contributed by atoms with Crippen LogP contribution in [0.3, 0.4) is 0 Å². The van der Waals surface area contributed by atoms with Gasteiger partial charge in [0.1, 0.15) is 5.82 Å². The Morgan fingerprint density at radius 2 is 1.89 bits per heavy atom. The fraction of sp³-hybridized carbons (Fsp3) is 0.263. The highest BCUT2D eigenvalue weighted by Gasteiger charge is 2.23. The van der Waals surface area contributed by atoms with Crippen LogP contribution < -0.4 is 10.6 Å². The van der Waals surface area contributed by atoms with Crippen LogP contribution in [0.15, 0.2) is 48.8 Å². The zero-order valence-electron chi connectivity index (χ0n) is 15.1. The van der Waals surface area contributed by atoms with Gasteiger partial charge in [-0.25, -0.2) is 9.67 Å². The molecule has 0 bridgehead atoms. The van der Waals surface area contributed by atoms with E-state index in [1.807, 2.05) is 54.4 Å². The molecule has 3 heterocycles. The number of aryl methyl sites for hydroxylation is 1. The van der Waals surface area contributed by atoms with Crippen molar-refractivity contribution in [1.82, 2.24) is 24.6 Å². The van der Waals surface area contributed by atoms with Crippen molar-refractivity contribution >= 4 is 17.7 Å². The number of anilines is 2. The molecule has 0 aliphatic carbocycles. The van der Waals surface area contributed by atoms with E-state index >= 15 is 0 Å². The number of hydrogen-bond donors (Lipinski definition) is 1. The van der Waals surface area contributed by atoms with Crippen LogP contribution >= 0.6 is 0 Å². The van der Waals surface area contributed by atoms with Gasteiger partial charge in [0.25, 0.3) is 5.91 Å². The molecule has 4 rings (SSSR count). The van der Waals surface area contributed by atoms with E-state index in [0.717, 1.165) is 17.2 Å². The van der Waals surface area contributed by atoms with Crippen LogP contribution in [0.25, 0.3) is 5.69 Å². The van der Waals surface area contributed by atoms with Gasteiger partial charge < -0.3 is 15.5 Å². The fourth-order valence-corrected chi connectivity index (χ4v) is 3.26. The Labute approximate surface area is 157 Å². The van der Waals surface area contributed by atoms with E-state index in [2.05, 4.69) is 20.0 Å². The van der Waals surface area contributed by atoms with E-state index < -0.39 is 0 Å². The first-order valence-corrected chi connectivity index (χ1v) is 8.85. The normalized spacial score (nSPS) is 14.4. The van der Waals surface area contributed by atoms with Gasteiger partial charge in [0.05, 0.1) is 5.69 Å². The first kappa shape index (κ1) is 17.0. The van der Waals surface area contributed by atoms with Crippen LogP contribution in [0.1, 0.15) is 16.1 Å². The van der Waals surface area contributed by atoms with Gasteiger partial charge in [-0.05, 0) is 31.2 Å². The van der Waals surface area contributed by atoms with Gasteiger partial charge in [0.15, 0.2) is 0 Å². The minimum atomic E-state index is 0.0297. The molecular weight excluding hydrogens is 342 g/mol. The molecule has 27 heavy (non-hydrogen) atoms. The second-order valence-corrected chi connectivity index (χ2v) is 6.51. The smallest absolute Gasteiger partial charge is 0.254 e. The summed E-state index contributed by atoms with van der Waals surface area (Å²) in [6.45, 7) is 4.58. The number of nitrogens with zero attached hydrogens (tertiary/aromatic N) is 6. The van der Waals surface area contributed by atoms with Crippen molar-refractivity contribution in [3.05, 3.63) is 60.0 Å². The first-order valence-electron chi connectivity index (χ1n) is 8.85. The molecule has 8 nitrogen and oxygen atoms in total. The Kier molecular flexibility index (Phi) is 4.45. The third kappa shape index (κ3) is 3.59. The van der Waals surface area contributed by atoms with Crippen LogP contribution in [0.4, 0.5) is 11.8 Å². The number of aromatic nitrogens is 4. The van der Waals surface area contributed by atoms with Crippen LogP contribution in [0.5, 0.6) is 0 Å². The number of benzene rings is 1. The van der Waals surface area contributed by atoms with Gasteiger partial charge in [-0.2, -0.15) is 10.1 Å². The van der Waals surface area contributed by atoms with E-state index in [4.69, 9.17) is 5.73 Å². The van der Waals surface area contributed by atoms with E-state index in [1.54, 1.807) is 10.9 Å². The maximum absolute atomic E-state index is 12.9. The summed E-state index contributed by atoms with van der Waals surface area (Å²) in [6.07, 6.45) is 3.58. The quantitative estimate of drug-likeness (QED) is 0.758. The summed E-state index contributed by atoms with van der Waals surface area (Å²) < 4.78 is 1.75. The van der Waals surface area contributed by atoms with E-state index in [0.29, 0.717) is 31.7 Å². The Morgan fingerprint density at radius 3 is 2.59 bits per heavy atom. The molecule has 138 valence electrons. The average molecular weight is 363 g/mol. The molecule has 1 aromatic carbocycles. The van der Waals surface area contributed by atoms with Gasteiger partial charge in [0, 0.05) is 55.9 Å². The highest BCUT2D eigenvalue weighted by atomic mass is 16.2. The van der Waals surface area contributed by atoms with E-state index in [1.165, 1.54) is 0 Å². The van der Waals surface area contributed by atoms with Crippen molar-refractivity contribution < 1.29 is 4.79 Å². The van der Waals surface area contributed by atoms with Crippen molar-refractivity contribution in [1.29, 1.82) is 0 Å². The molecular formula is C19H21N7O. The molecule has 0 unspecified atom stereocenters. The number of nitrogens with two attached hydrogens (primary N) is 1. The van der Waals surface area contributed by atoms with Crippen LogP contribution in [0.2, 0.25) is 0 Å². The van der Waals surface area contributed by atoms with E-state index in [-0.39, 0.29) is 11.9 Å². The molecule has 1 aliphatic rings. The minimum Gasteiger partial charge on any atom is -0.368 e. The number of hydrogen-bond acceptors (Lipinski definition) is 6. The summed E-state index contributed by atoms with van der Waals surface area (Å²) in [5.41, 5.74) is 8.13. The van der Waals surface area contributed by atoms with Crippen LogP contribution in [-0.4, -0.2) is 56.7 Å². The number of piperazine rings is 1. The van der Waals surface area contributed by atoms with Gasteiger partial charge in [-0.3, -0.25) is 4.79 Å². The standard InChI is InChI=1S/C19H21N7O/c1-14-12-17(23-19(20)22-14)24-8-10-25(11-9-24)18(27)15-4-2-5-16(13-15)26-7-3-6-21-26/h2-7,12-13H,8-11H2,1H3,(H2,20,22,23). The largest absolute Gasteiger partial charge is 0.368 e. The summed E-state index contributed by atoms with van der Waals surface area (Å²) in [5.74, 6) is 1.12. The number of carbonyl (C=O) groups excluding carboxylic acids is 1. The molecule has 1 fully saturated rings. The Balaban J connectivity index is 1.45. The zero-order chi connectivity index (χ0) is 18.8. The minimum absolute atomic E-state index is 0.0297. The fourth-order valence-electron chi connectivity index (χ4n) is 3.26. The van der Waals surface area contributed by atoms with E-state index in [9.17, 15) is 4.79 Å². The van der Waals surface area contributed by atoms with Gasteiger partial charge >= 0.3 is 0 Å². The zero-order valence-corrected chi connectivity index (χ0v) is 15.1. The van der Waals surface area contributed by atoms with Crippen molar-refractivity contribution in [2.75, 3.05) is 36.8 Å². The molecule has 2 N–H and O–H groups in total. The Morgan fingerprint density at radius 1 is 1.07 bits per heavy atom. The lowest BCUT2D eigenvalue weighted by Gasteiger charge is -2.35. The molecule has 1 aliphatic heterocycles. The summed E-state index contributed by atoms with van der Waals surface area (Å²) >= 11 is 0. The third-order valence-electron chi connectivity index (χ3n) is 4.61. The molecule has 1 saturated heterocycles. The van der Waals surface area contributed by atoms with Crippen LogP contribution in [-0.2, 0) is 0 Å².